The molecule has 0 saturated carbocycles. The van der Waals surface area contributed by atoms with Gasteiger partial charge in [0.2, 0.25) is 0 Å². The number of hydrogen-bond acceptors (Lipinski definition) is 3. The van der Waals surface area contributed by atoms with Crippen LogP contribution in [-0.4, -0.2) is 40.2 Å². The zero-order valence-electron chi connectivity index (χ0n) is 10.6. The highest BCUT2D eigenvalue weighted by atomic mass is 35.5. The fraction of sp³-hybridized carbons (Fsp3) is 0.462. The first kappa shape index (κ1) is 14.8. The van der Waals surface area contributed by atoms with E-state index in [4.69, 9.17) is 16.7 Å². The molecule has 0 saturated heterocycles. The van der Waals surface area contributed by atoms with Crippen LogP contribution in [0, 0.1) is 0 Å². The first-order chi connectivity index (χ1) is 8.47. The summed E-state index contributed by atoms with van der Waals surface area (Å²) in [6.45, 7) is 4.27. The second kappa shape index (κ2) is 6.61. The number of nitrogens with zero attached hydrogens (tertiary/aromatic N) is 1. The number of hydrogen-bond donors (Lipinski definition) is 2. The Bertz CT molecular complexity index is 421. The minimum absolute atomic E-state index is 0.000807. The molecule has 0 aromatic heterocycles. The molecule has 0 atom stereocenters. The predicted octanol–water partition coefficient (Wildman–Crippen LogP) is 2.28. The van der Waals surface area contributed by atoms with Crippen LogP contribution in [0.15, 0.2) is 18.2 Å². The summed E-state index contributed by atoms with van der Waals surface area (Å²) < 4.78 is 0. The minimum atomic E-state index is -0.257. The van der Waals surface area contributed by atoms with Crippen LogP contribution in [0.1, 0.15) is 30.6 Å². The Labute approximate surface area is 112 Å². The van der Waals surface area contributed by atoms with E-state index in [1.807, 2.05) is 13.8 Å². The summed E-state index contributed by atoms with van der Waals surface area (Å²) in [5, 5.41) is 19.0. The van der Waals surface area contributed by atoms with Crippen LogP contribution >= 0.6 is 11.6 Å². The molecule has 0 heterocycles. The summed E-state index contributed by atoms with van der Waals surface area (Å²) in [7, 11) is 0. The molecule has 1 amide bonds. The summed E-state index contributed by atoms with van der Waals surface area (Å²) in [6.07, 6.45) is 0.512. The van der Waals surface area contributed by atoms with Crippen molar-refractivity contribution in [3.63, 3.8) is 0 Å². The Morgan fingerprint density at radius 3 is 2.61 bits per heavy atom. The first-order valence-corrected chi connectivity index (χ1v) is 6.25. The quantitative estimate of drug-likeness (QED) is 0.864. The molecular weight excluding hydrogens is 254 g/mol. The molecule has 0 bridgehead atoms. The van der Waals surface area contributed by atoms with Crippen LogP contribution in [0.5, 0.6) is 5.75 Å². The third-order valence-electron chi connectivity index (χ3n) is 2.63. The molecular formula is C13H18ClNO3. The Kier molecular flexibility index (Phi) is 5.44. The normalized spacial score (nSPS) is 10.7. The zero-order chi connectivity index (χ0) is 13.7. The molecule has 100 valence electrons. The van der Waals surface area contributed by atoms with Crippen molar-refractivity contribution in [3.8, 4) is 5.75 Å². The maximum Gasteiger partial charge on any atom is 0.257 e. The van der Waals surface area contributed by atoms with E-state index in [1.54, 1.807) is 11.0 Å². The van der Waals surface area contributed by atoms with E-state index in [0.717, 1.165) is 0 Å². The van der Waals surface area contributed by atoms with Gasteiger partial charge >= 0.3 is 0 Å². The van der Waals surface area contributed by atoms with Crippen molar-refractivity contribution >= 4 is 17.5 Å². The van der Waals surface area contributed by atoms with Crippen LogP contribution in [0.25, 0.3) is 0 Å². The lowest BCUT2D eigenvalue weighted by Gasteiger charge is -2.26. The van der Waals surface area contributed by atoms with Gasteiger partial charge in [0.1, 0.15) is 5.75 Å². The van der Waals surface area contributed by atoms with Gasteiger partial charge in [0.25, 0.3) is 5.91 Å². The second-order valence-corrected chi connectivity index (χ2v) is 4.77. The number of amides is 1. The number of carbonyl (C=O) groups is 1. The van der Waals surface area contributed by atoms with E-state index in [2.05, 4.69) is 0 Å². The van der Waals surface area contributed by atoms with Gasteiger partial charge in [-0.3, -0.25) is 4.79 Å². The molecule has 0 fully saturated rings. The van der Waals surface area contributed by atoms with Crippen LogP contribution in [0.2, 0.25) is 5.02 Å². The number of phenols is 1. The lowest BCUT2D eigenvalue weighted by atomic mass is 10.1. The van der Waals surface area contributed by atoms with Gasteiger partial charge in [-0.2, -0.15) is 0 Å². The predicted molar refractivity (Wildman–Crippen MR) is 71.0 cm³/mol. The average molecular weight is 272 g/mol. The Hall–Kier alpha value is -1.26. The molecule has 0 aliphatic carbocycles. The van der Waals surface area contributed by atoms with Crippen molar-refractivity contribution in [2.45, 2.75) is 26.3 Å². The third kappa shape index (κ3) is 3.62. The number of rotatable bonds is 5. The van der Waals surface area contributed by atoms with Crippen molar-refractivity contribution in [2.75, 3.05) is 13.2 Å². The highest BCUT2D eigenvalue weighted by Crippen LogP contribution is 2.24. The van der Waals surface area contributed by atoms with Crippen LogP contribution in [0.4, 0.5) is 0 Å². The molecule has 0 spiro atoms. The van der Waals surface area contributed by atoms with Crippen molar-refractivity contribution < 1.29 is 15.0 Å². The number of phenolic OH excluding ortho intramolecular Hbond substituents is 1. The fourth-order valence-electron chi connectivity index (χ4n) is 1.68. The molecule has 18 heavy (non-hydrogen) atoms. The number of benzene rings is 1. The van der Waals surface area contributed by atoms with Gasteiger partial charge in [-0.05, 0) is 38.5 Å². The minimum Gasteiger partial charge on any atom is -0.507 e. The van der Waals surface area contributed by atoms with Crippen LogP contribution in [-0.2, 0) is 0 Å². The number of aliphatic hydroxyl groups excluding tert-OH is 1. The van der Waals surface area contributed by atoms with Gasteiger partial charge in [0, 0.05) is 24.2 Å². The number of aromatic hydroxyl groups is 1. The maximum atomic E-state index is 12.3. The smallest absolute Gasteiger partial charge is 0.257 e. The maximum absolute atomic E-state index is 12.3. The number of halogens is 1. The Morgan fingerprint density at radius 1 is 1.44 bits per heavy atom. The SMILES string of the molecule is CC(C)N(CCCO)C(=O)c1ccc(Cl)cc1O. The lowest BCUT2D eigenvalue weighted by Crippen LogP contribution is -2.38. The molecule has 2 N–H and O–H groups in total. The summed E-state index contributed by atoms with van der Waals surface area (Å²) in [6, 6.07) is 4.42. The third-order valence-corrected chi connectivity index (χ3v) is 2.87. The zero-order valence-corrected chi connectivity index (χ0v) is 11.3. The van der Waals surface area contributed by atoms with Crippen molar-refractivity contribution in [1.29, 1.82) is 0 Å². The standard InChI is InChI=1S/C13H18ClNO3/c1-9(2)15(6-3-7-16)13(18)11-5-4-10(14)8-12(11)17/h4-5,8-9,16-17H,3,6-7H2,1-2H3. The van der Waals surface area contributed by atoms with Gasteiger partial charge in [-0.25, -0.2) is 0 Å². The first-order valence-electron chi connectivity index (χ1n) is 5.87. The van der Waals surface area contributed by atoms with Crippen molar-refractivity contribution in [3.05, 3.63) is 28.8 Å². The van der Waals surface area contributed by atoms with E-state index in [-0.39, 0.29) is 29.9 Å². The van der Waals surface area contributed by atoms with E-state index < -0.39 is 0 Å². The Balaban J connectivity index is 2.94. The molecule has 0 aliphatic rings. The monoisotopic (exact) mass is 271 g/mol. The van der Waals surface area contributed by atoms with Gasteiger partial charge < -0.3 is 15.1 Å². The van der Waals surface area contributed by atoms with Crippen molar-refractivity contribution in [2.24, 2.45) is 0 Å². The Morgan fingerprint density at radius 2 is 2.11 bits per heavy atom. The molecule has 0 aliphatic heterocycles. The molecule has 0 radical (unpaired) electrons. The lowest BCUT2D eigenvalue weighted by molar-refractivity contribution is 0.0690. The van der Waals surface area contributed by atoms with E-state index in [1.165, 1.54) is 12.1 Å². The van der Waals surface area contributed by atoms with E-state index in [9.17, 15) is 9.90 Å². The second-order valence-electron chi connectivity index (χ2n) is 4.33. The van der Waals surface area contributed by atoms with Crippen LogP contribution in [0.3, 0.4) is 0 Å². The largest absolute Gasteiger partial charge is 0.507 e. The highest BCUT2D eigenvalue weighted by molar-refractivity contribution is 6.30. The van der Waals surface area contributed by atoms with Gasteiger partial charge in [-0.1, -0.05) is 11.6 Å². The van der Waals surface area contributed by atoms with E-state index >= 15 is 0 Å². The summed E-state index contributed by atoms with van der Waals surface area (Å²) in [5.74, 6) is -0.380. The molecule has 1 aromatic carbocycles. The summed E-state index contributed by atoms with van der Waals surface area (Å²) in [5.41, 5.74) is 0.228. The summed E-state index contributed by atoms with van der Waals surface area (Å²) in [4.78, 5) is 13.9. The molecule has 1 rings (SSSR count). The number of aliphatic hydroxyl groups is 1. The molecule has 1 aromatic rings. The molecule has 0 unspecified atom stereocenters. The molecule has 4 nitrogen and oxygen atoms in total. The van der Waals surface area contributed by atoms with Crippen molar-refractivity contribution in [1.82, 2.24) is 4.90 Å². The highest BCUT2D eigenvalue weighted by Gasteiger charge is 2.21. The average Bonchev–Trinajstić information content (AvgIpc) is 2.28. The topological polar surface area (TPSA) is 60.8 Å². The van der Waals surface area contributed by atoms with Gasteiger partial charge in [0.15, 0.2) is 0 Å². The summed E-state index contributed by atoms with van der Waals surface area (Å²) >= 11 is 5.73. The molecule has 5 heteroatoms. The van der Waals surface area contributed by atoms with Gasteiger partial charge in [-0.15, -0.1) is 0 Å². The van der Waals surface area contributed by atoms with E-state index in [0.29, 0.717) is 18.0 Å². The fourth-order valence-corrected chi connectivity index (χ4v) is 1.84. The number of carbonyl (C=O) groups excluding carboxylic acids is 1. The van der Waals surface area contributed by atoms with Crippen LogP contribution < -0.4 is 0 Å². The van der Waals surface area contributed by atoms with Gasteiger partial charge in [0.05, 0.1) is 5.56 Å².